The van der Waals surface area contributed by atoms with Crippen LogP contribution in [-0.2, 0) is 6.42 Å². The first kappa shape index (κ1) is 22.6. The zero-order valence-corrected chi connectivity index (χ0v) is 19.1. The maximum atomic E-state index is 10.9. The second kappa shape index (κ2) is 11.4. The van der Waals surface area contributed by atoms with Crippen molar-refractivity contribution < 1.29 is 5.11 Å². The minimum atomic E-state index is 0.280. The lowest BCUT2D eigenvalue weighted by Crippen LogP contribution is -2.02. The highest BCUT2D eigenvalue weighted by atomic mass is 35.5. The Bertz CT molecular complexity index is 951. The number of phenols is 1. The Morgan fingerprint density at radius 1 is 0.833 bits per heavy atom. The van der Waals surface area contributed by atoms with E-state index in [-0.39, 0.29) is 5.75 Å². The Kier molecular flexibility index (Phi) is 8.56. The fourth-order valence-corrected chi connectivity index (χ4v) is 4.14. The average Bonchev–Trinajstić information content (AvgIpc) is 3.14. The first-order chi connectivity index (χ1) is 14.6. The predicted octanol–water partition coefficient (Wildman–Crippen LogP) is 7.55. The van der Waals surface area contributed by atoms with Gasteiger partial charge in [-0.05, 0) is 55.2 Å². The summed E-state index contributed by atoms with van der Waals surface area (Å²) >= 11 is 6.06. The van der Waals surface area contributed by atoms with E-state index in [1.807, 2.05) is 19.1 Å². The van der Waals surface area contributed by atoms with Crippen molar-refractivity contribution in [3.8, 4) is 11.4 Å². The van der Waals surface area contributed by atoms with Gasteiger partial charge in [-0.25, -0.2) is 0 Å². The van der Waals surface area contributed by atoms with Crippen LogP contribution < -0.4 is 0 Å². The van der Waals surface area contributed by atoms with Gasteiger partial charge in [0.2, 0.25) is 0 Å². The molecule has 0 radical (unpaired) electrons. The molecule has 3 rings (SSSR count). The molecule has 0 unspecified atom stereocenters. The van der Waals surface area contributed by atoms with E-state index in [9.17, 15) is 5.11 Å². The van der Waals surface area contributed by atoms with Crippen LogP contribution in [0.25, 0.3) is 16.7 Å². The molecule has 5 heteroatoms. The van der Waals surface area contributed by atoms with E-state index >= 15 is 0 Å². The maximum Gasteiger partial charge on any atom is 0.146 e. The number of aromatic nitrogens is 3. The normalized spacial score (nSPS) is 11.4. The molecule has 0 aliphatic rings. The molecule has 30 heavy (non-hydrogen) atoms. The van der Waals surface area contributed by atoms with Crippen LogP contribution in [-0.4, -0.2) is 20.1 Å². The van der Waals surface area contributed by atoms with Gasteiger partial charge in [0.25, 0.3) is 0 Å². The molecular weight excluding hydrogens is 394 g/mol. The van der Waals surface area contributed by atoms with Crippen molar-refractivity contribution in [2.75, 3.05) is 0 Å². The van der Waals surface area contributed by atoms with E-state index < -0.39 is 0 Å². The van der Waals surface area contributed by atoms with E-state index in [4.69, 9.17) is 11.6 Å². The van der Waals surface area contributed by atoms with Crippen molar-refractivity contribution in [2.45, 2.75) is 84.5 Å². The first-order valence-corrected chi connectivity index (χ1v) is 11.8. The Morgan fingerprint density at radius 2 is 1.47 bits per heavy atom. The van der Waals surface area contributed by atoms with Gasteiger partial charge in [-0.15, -0.1) is 15.0 Å². The number of phenolic OH excluding ortho intramolecular Hbond substituents is 1. The Labute approximate surface area is 185 Å². The highest BCUT2D eigenvalue weighted by molar-refractivity contribution is 6.31. The minimum Gasteiger partial charge on any atom is -0.505 e. The summed E-state index contributed by atoms with van der Waals surface area (Å²) < 4.78 is 0. The van der Waals surface area contributed by atoms with Gasteiger partial charge >= 0.3 is 0 Å². The summed E-state index contributed by atoms with van der Waals surface area (Å²) in [5.41, 5.74) is 4.19. The van der Waals surface area contributed by atoms with E-state index in [0.29, 0.717) is 10.7 Å². The molecule has 2 aromatic carbocycles. The van der Waals surface area contributed by atoms with Crippen LogP contribution in [0.15, 0.2) is 30.3 Å². The molecule has 0 aliphatic carbocycles. The van der Waals surface area contributed by atoms with Gasteiger partial charge < -0.3 is 5.11 Å². The van der Waals surface area contributed by atoms with Gasteiger partial charge in [0, 0.05) is 5.02 Å². The molecular formula is C25H34ClN3O. The third-order valence-electron chi connectivity index (χ3n) is 5.67. The third-order valence-corrected chi connectivity index (χ3v) is 5.91. The number of aromatic hydroxyl groups is 1. The van der Waals surface area contributed by atoms with Gasteiger partial charge in [-0.2, -0.15) is 0 Å². The lowest BCUT2D eigenvalue weighted by molar-refractivity contribution is 0.458. The van der Waals surface area contributed by atoms with Crippen LogP contribution in [0.3, 0.4) is 0 Å². The summed E-state index contributed by atoms with van der Waals surface area (Å²) in [5.74, 6) is 0.280. The molecule has 0 amide bonds. The molecule has 0 saturated carbocycles. The largest absolute Gasteiger partial charge is 0.505 e. The van der Waals surface area contributed by atoms with Crippen LogP contribution in [0.2, 0.25) is 5.02 Å². The van der Waals surface area contributed by atoms with Gasteiger partial charge in [0.05, 0.1) is 0 Å². The van der Waals surface area contributed by atoms with Crippen molar-refractivity contribution in [2.24, 2.45) is 0 Å². The quantitative estimate of drug-likeness (QED) is 0.303. The molecule has 0 saturated heterocycles. The number of nitrogens with zero attached hydrogens (tertiary/aromatic N) is 3. The monoisotopic (exact) mass is 427 g/mol. The Morgan fingerprint density at radius 3 is 2.17 bits per heavy atom. The molecule has 1 N–H and O–H groups in total. The third kappa shape index (κ3) is 6.21. The topological polar surface area (TPSA) is 50.9 Å². The van der Waals surface area contributed by atoms with Crippen LogP contribution in [0.5, 0.6) is 5.75 Å². The van der Waals surface area contributed by atoms with Crippen molar-refractivity contribution in [3.63, 3.8) is 0 Å². The highest BCUT2D eigenvalue weighted by Gasteiger charge is 2.14. The summed E-state index contributed by atoms with van der Waals surface area (Å²) in [6.45, 7) is 4.31. The summed E-state index contributed by atoms with van der Waals surface area (Å²) in [6, 6.07) is 9.44. The highest BCUT2D eigenvalue weighted by Crippen LogP contribution is 2.29. The Hall–Kier alpha value is -2.07. The van der Waals surface area contributed by atoms with Crippen LogP contribution in [0.1, 0.15) is 82.3 Å². The lowest BCUT2D eigenvalue weighted by Gasteiger charge is -2.11. The van der Waals surface area contributed by atoms with E-state index in [2.05, 4.69) is 23.2 Å². The fraction of sp³-hybridized carbons (Fsp3) is 0.520. The summed E-state index contributed by atoms with van der Waals surface area (Å²) in [5, 5.41) is 20.5. The molecule has 162 valence electrons. The molecule has 0 aliphatic heterocycles. The van der Waals surface area contributed by atoms with Gasteiger partial charge in [-0.3, -0.25) is 0 Å². The Balaban J connectivity index is 1.54. The molecule has 4 nitrogen and oxygen atoms in total. The van der Waals surface area contributed by atoms with Crippen LogP contribution in [0.4, 0.5) is 0 Å². The summed E-state index contributed by atoms with van der Waals surface area (Å²) in [7, 11) is 0. The zero-order valence-electron chi connectivity index (χ0n) is 18.3. The van der Waals surface area contributed by atoms with E-state index in [0.717, 1.165) is 35.0 Å². The molecule has 1 heterocycles. The first-order valence-electron chi connectivity index (χ1n) is 11.4. The minimum absolute atomic E-state index is 0.280. The molecule has 0 fully saturated rings. The molecule has 0 spiro atoms. The number of hydrogen-bond donors (Lipinski definition) is 1. The smallest absolute Gasteiger partial charge is 0.146 e. The standard InChI is InChI=1S/C25H34ClN3O/c1-3-4-5-6-7-8-9-10-11-12-13-20-16-19(2)17-24(25(20)30)29-27-22-15-14-21(26)18-23(22)28-29/h14-18,30H,3-13H2,1-2H3. The summed E-state index contributed by atoms with van der Waals surface area (Å²) in [6.07, 6.45) is 14.0. The van der Waals surface area contributed by atoms with E-state index in [1.54, 1.807) is 12.1 Å². The summed E-state index contributed by atoms with van der Waals surface area (Å²) in [4.78, 5) is 1.52. The molecule has 3 aromatic rings. The van der Waals surface area contributed by atoms with Crippen molar-refractivity contribution in [1.29, 1.82) is 0 Å². The van der Waals surface area contributed by atoms with Crippen molar-refractivity contribution >= 4 is 22.6 Å². The molecule has 0 atom stereocenters. The van der Waals surface area contributed by atoms with Crippen LogP contribution in [0, 0.1) is 6.92 Å². The fourth-order valence-electron chi connectivity index (χ4n) is 3.97. The predicted molar refractivity (Wildman–Crippen MR) is 126 cm³/mol. The number of halogens is 1. The number of fused-ring (bicyclic) bond motifs is 1. The number of rotatable bonds is 12. The van der Waals surface area contributed by atoms with Crippen LogP contribution >= 0.6 is 11.6 Å². The van der Waals surface area contributed by atoms with Gasteiger partial charge in [-0.1, -0.05) is 82.4 Å². The van der Waals surface area contributed by atoms with Gasteiger partial charge in [0.15, 0.2) is 0 Å². The number of hydrogen-bond acceptors (Lipinski definition) is 3. The van der Waals surface area contributed by atoms with E-state index in [1.165, 1.54) is 62.6 Å². The maximum absolute atomic E-state index is 10.9. The second-order valence-corrected chi connectivity index (χ2v) is 8.78. The molecule has 0 bridgehead atoms. The van der Waals surface area contributed by atoms with Crippen molar-refractivity contribution in [1.82, 2.24) is 15.0 Å². The number of benzene rings is 2. The number of unbranched alkanes of at least 4 members (excludes halogenated alkanes) is 9. The number of aryl methyl sites for hydroxylation is 2. The van der Waals surface area contributed by atoms with Gasteiger partial charge in [0.1, 0.15) is 22.5 Å². The second-order valence-electron chi connectivity index (χ2n) is 8.35. The SMILES string of the molecule is CCCCCCCCCCCCc1cc(C)cc(-n2nc3ccc(Cl)cc3n2)c1O. The average molecular weight is 428 g/mol. The van der Waals surface area contributed by atoms with Crippen molar-refractivity contribution in [3.05, 3.63) is 46.5 Å². The zero-order chi connectivity index (χ0) is 21.3. The lowest BCUT2D eigenvalue weighted by atomic mass is 10.0. The molecule has 1 aromatic heterocycles.